The predicted molar refractivity (Wildman–Crippen MR) is 176 cm³/mol. The SMILES string of the molecule is Cc1nnc(-c2ccccc2CNC(=O)c2c3n(c(=O)n2-c2ccc4oc(C)nc4c2)C[C@@H](C)N(C(=O)c2ccc(Br)c(C)c2)C3)o1. The smallest absolute Gasteiger partial charge is 0.333 e. The van der Waals surface area contributed by atoms with E-state index in [1.807, 2.05) is 50.2 Å². The quantitative estimate of drug-likeness (QED) is 0.241. The number of amides is 2. The van der Waals surface area contributed by atoms with Crippen LogP contribution in [0.3, 0.4) is 0 Å². The van der Waals surface area contributed by atoms with E-state index in [1.54, 1.807) is 47.6 Å². The number of aryl methyl sites for hydroxylation is 3. The van der Waals surface area contributed by atoms with E-state index in [-0.39, 0.29) is 43.0 Å². The lowest BCUT2D eigenvalue weighted by molar-refractivity contribution is 0.0610. The minimum absolute atomic E-state index is 0.0588. The van der Waals surface area contributed by atoms with Gasteiger partial charge >= 0.3 is 5.69 Å². The zero-order valence-electron chi connectivity index (χ0n) is 26.1. The van der Waals surface area contributed by atoms with Crippen LogP contribution in [0.2, 0.25) is 0 Å². The molecule has 47 heavy (non-hydrogen) atoms. The molecule has 0 bridgehead atoms. The zero-order valence-corrected chi connectivity index (χ0v) is 27.7. The number of carbonyl (C=O) groups excluding carboxylic acids is 2. The van der Waals surface area contributed by atoms with Crippen LogP contribution in [0.5, 0.6) is 0 Å². The van der Waals surface area contributed by atoms with Gasteiger partial charge in [0.25, 0.3) is 11.8 Å². The van der Waals surface area contributed by atoms with E-state index in [1.165, 1.54) is 4.57 Å². The second-order valence-electron chi connectivity index (χ2n) is 11.6. The number of imidazole rings is 1. The zero-order chi connectivity index (χ0) is 33.0. The molecule has 2 amide bonds. The first-order chi connectivity index (χ1) is 22.6. The fourth-order valence-electron chi connectivity index (χ4n) is 6.02. The summed E-state index contributed by atoms with van der Waals surface area (Å²) < 4.78 is 15.2. The van der Waals surface area contributed by atoms with Gasteiger partial charge in [-0.1, -0.05) is 34.1 Å². The summed E-state index contributed by atoms with van der Waals surface area (Å²) in [4.78, 5) is 48.4. The summed E-state index contributed by atoms with van der Waals surface area (Å²) >= 11 is 3.50. The maximum absolute atomic E-state index is 14.2. The number of rotatable bonds is 6. The Kier molecular flexibility index (Phi) is 7.63. The number of oxazole rings is 1. The van der Waals surface area contributed by atoms with E-state index in [4.69, 9.17) is 8.83 Å². The molecule has 1 aliphatic heterocycles. The molecule has 12 nitrogen and oxygen atoms in total. The van der Waals surface area contributed by atoms with Crippen molar-refractivity contribution in [3.63, 3.8) is 0 Å². The Labute approximate surface area is 277 Å². The lowest BCUT2D eigenvalue weighted by Gasteiger charge is -2.34. The van der Waals surface area contributed by atoms with Gasteiger partial charge in [0.2, 0.25) is 11.8 Å². The van der Waals surface area contributed by atoms with E-state index in [9.17, 15) is 14.4 Å². The average Bonchev–Trinajstić information content (AvgIpc) is 3.74. The first-order valence-electron chi connectivity index (χ1n) is 15.0. The highest BCUT2D eigenvalue weighted by Crippen LogP contribution is 2.28. The van der Waals surface area contributed by atoms with Gasteiger partial charge in [0.05, 0.1) is 17.9 Å². The van der Waals surface area contributed by atoms with Gasteiger partial charge in [0, 0.05) is 48.6 Å². The van der Waals surface area contributed by atoms with Crippen LogP contribution < -0.4 is 11.0 Å². The fraction of sp³-hybridized carbons (Fsp3) is 0.235. The number of hydrogen-bond donors (Lipinski definition) is 1. The molecule has 7 rings (SSSR count). The molecule has 1 atom stereocenters. The van der Waals surface area contributed by atoms with Gasteiger partial charge < -0.3 is 19.1 Å². The second-order valence-corrected chi connectivity index (χ2v) is 12.5. The van der Waals surface area contributed by atoms with Crippen LogP contribution in [-0.4, -0.2) is 47.1 Å². The Morgan fingerprint density at radius 1 is 1.00 bits per heavy atom. The topological polar surface area (TPSA) is 141 Å². The molecular weight excluding hydrogens is 666 g/mol. The van der Waals surface area contributed by atoms with Crippen LogP contribution in [0.25, 0.3) is 28.2 Å². The molecule has 1 N–H and O–H groups in total. The van der Waals surface area contributed by atoms with Crippen molar-refractivity contribution in [1.29, 1.82) is 0 Å². The van der Waals surface area contributed by atoms with Crippen molar-refractivity contribution in [1.82, 2.24) is 34.5 Å². The third kappa shape index (κ3) is 5.46. The molecule has 4 heterocycles. The Hall–Kier alpha value is -5.30. The molecule has 0 aliphatic carbocycles. The molecule has 0 radical (unpaired) electrons. The van der Waals surface area contributed by atoms with Crippen molar-refractivity contribution in [3.8, 4) is 17.1 Å². The molecule has 13 heteroatoms. The molecule has 238 valence electrons. The van der Waals surface area contributed by atoms with Gasteiger partial charge in [-0.3, -0.25) is 18.7 Å². The number of nitrogens with zero attached hydrogens (tertiary/aromatic N) is 6. The molecule has 1 aliphatic rings. The summed E-state index contributed by atoms with van der Waals surface area (Å²) in [6, 6.07) is 17.7. The minimum Gasteiger partial charge on any atom is -0.441 e. The Balaban J connectivity index is 1.30. The lowest BCUT2D eigenvalue weighted by Crippen LogP contribution is -2.47. The summed E-state index contributed by atoms with van der Waals surface area (Å²) in [7, 11) is 0. The number of carbonyl (C=O) groups is 2. The molecule has 0 fully saturated rings. The van der Waals surface area contributed by atoms with Gasteiger partial charge in [0.15, 0.2) is 11.5 Å². The summed E-state index contributed by atoms with van der Waals surface area (Å²) in [6.07, 6.45) is 0. The van der Waals surface area contributed by atoms with Crippen LogP contribution in [-0.2, 0) is 19.6 Å². The molecule has 3 aromatic heterocycles. The highest BCUT2D eigenvalue weighted by atomic mass is 79.9. The summed E-state index contributed by atoms with van der Waals surface area (Å²) in [6.45, 7) is 7.67. The monoisotopic (exact) mass is 695 g/mol. The van der Waals surface area contributed by atoms with E-state index in [2.05, 4.69) is 36.4 Å². The maximum atomic E-state index is 14.2. The Morgan fingerprint density at radius 2 is 1.81 bits per heavy atom. The molecule has 0 unspecified atom stereocenters. The average molecular weight is 697 g/mol. The number of halogens is 1. The fourth-order valence-corrected chi connectivity index (χ4v) is 6.27. The van der Waals surface area contributed by atoms with Crippen molar-refractivity contribution in [2.45, 2.75) is 53.4 Å². The molecule has 0 saturated heterocycles. The number of hydrogen-bond acceptors (Lipinski definition) is 8. The number of benzene rings is 3. The van der Waals surface area contributed by atoms with Crippen LogP contribution in [0.15, 0.2) is 78.8 Å². The third-order valence-electron chi connectivity index (χ3n) is 8.37. The van der Waals surface area contributed by atoms with Gasteiger partial charge in [-0.05, 0) is 67.4 Å². The number of nitrogens with one attached hydrogen (secondary N) is 1. The first-order valence-corrected chi connectivity index (χ1v) is 15.8. The second kappa shape index (κ2) is 11.8. The molecule has 3 aromatic carbocycles. The molecule has 0 spiro atoms. The molecule has 6 aromatic rings. The van der Waals surface area contributed by atoms with E-state index in [0.717, 1.165) is 15.6 Å². The van der Waals surface area contributed by atoms with Gasteiger partial charge in [-0.15, -0.1) is 10.2 Å². The van der Waals surface area contributed by atoms with Crippen molar-refractivity contribution in [3.05, 3.63) is 115 Å². The largest absolute Gasteiger partial charge is 0.441 e. The van der Waals surface area contributed by atoms with Crippen molar-refractivity contribution >= 4 is 38.8 Å². The van der Waals surface area contributed by atoms with Crippen molar-refractivity contribution in [2.24, 2.45) is 0 Å². The lowest BCUT2D eigenvalue weighted by atomic mass is 10.1. The minimum atomic E-state index is -0.481. The van der Waals surface area contributed by atoms with Crippen LogP contribution in [0, 0.1) is 20.8 Å². The Bertz CT molecular complexity index is 2260. The normalized spacial score (nSPS) is 14.4. The van der Waals surface area contributed by atoms with Crippen LogP contribution in [0.1, 0.15) is 56.4 Å². The van der Waals surface area contributed by atoms with Gasteiger partial charge in [0.1, 0.15) is 11.2 Å². The Morgan fingerprint density at radius 3 is 2.57 bits per heavy atom. The predicted octanol–water partition coefficient (Wildman–Crippen LogP) is 5.49. The van der Waals surface area contributed by atoms with Crippen molar-refractivity contribution < 1.29 is 18.4 Å². The van der Waals surface area contributed by atoms with E-state index >= 15 is 0 Å². The molecular formula is C34H30BrN7O5. The molecule has 0 saturated carbocycles. The van der Waals surface area contributed by atoms with Crippen LogP contribution >= 0.6 is 15.9 Å². The summed E-state index contributed by atoms with van der Waals surface area (Å²) in [5, 5.41) is 11.1. The van der Waals surface area contributed by atoms with Gasteiger partial charge in [-0.25, -0.2) is 9.78 Å². The first kappa shape index (κ1) is 30.4. The number of aromatic nitrogens is 5. The maximum Gasteiger partial charge on any atom is 0.333 e. The summed E-state index contributed by atoms with van der Waals surface area (Å²) in [5.74, 6) is 0.585. The van der Waals surface area contributed by atoms with E-state index < -0.39 is 5.91 Å². The highest BCUT2D eigenvalue weighted by Gasteiger charge is 2.35. The van der Waals surface area contributed by atoms with Crippen LogP contribution in [0.4, 0.5) is 0 Å². The van der Waals surface area contributed by atoms with Crippen molar-refractivity contribution in [2.75, 3.05) is 0 Å². The highest BCUT2D eigenvalue weighted by molar-refractivity contribution is 9.10. The summed E-state index contributed by atoms with van der Waals surface area (Å²) in [5.41, 5.74) is 4.66. The van der Waals surface area contributed by atoms with Gasteiger partial charge in [-0.2, -0.15) is 0 Å². The number of fused-ring (bicyclic) bond motifs is 2. The van der Waals surface area contributed by atoms with E-state index in [0.29, 0.717) is 51.3 Å². The third-order valence-corrected chi connectivity index (χ3v) is 9.26. The standard InChI is InChI=1S/C34H30BrN7O5/c1-18-13-22(9-11-26(18)35)33(44)40-17-28-30(31(43)36-15-23-7-5-6-8-25(23)32-39-38-21(4)47-32)42(34(45)41(28)16-19(40)2)24-10-12-29-27(14-24)37-20(3)46-29/h5-14,19H,15-17H2,1-4H3,(H,36,43)/t19-/m1/s1.